The number of methoxy groups -OCH3 is 1. The minimum absolute atomic E-state index is 0.0171. The number of nitrogens with zero attached hydrogens (tertiary/aromatic N) is 3. The molecule has 2 heterocycles. The molecule has 2 aromatic carbocycles. The lowest BCUT2D eigenvalue weighted by Gasteiger charge is -2.36. The Bertz CT molecular complexity index is 1120. The Morgan fingerprint density at radius 2 is 1.82 bits per heavy atom. The smallest absolute Gasteiger partial charge is 0.243 e. The highest BCUT2D eigenvalue weighted by Gasteiger charge is 2.34. The minimum atomic E-state index is -0.519. The van der Waals surface area contributed by atoms with Gasteiger partial charge in [0.2, 0.25) is 11.8 Å². The van der Waals surface area contributed by atoms with Crippen LogP contribution in [0.4, 0.5) is 0 Å². The van der Waals surface area contributed by atoms with Crippen molar-refractivity contribution in [3.63, 3.8) is 0 Å². The molecule has 0 aliphatic carbocycles. The van der Waals surface area contributed by atoms with Gasteiger partial charge in [-0.15, -0.1) is 0 Å². The molecule has 0 fully saturated rings. The number of nitrogens with one attached hydrogen (secondary N) is 1. The lowest BCUT2D eigenvalue weighted by molar-refractivity contribution is -0.142. The number of aromatic nitrogens is 2. The lowest BCUT2D eigenvalue weighted by Crippen LogP contribution is -2.52. The standard InChI is InChI=1S/C26H30N4O3/c1-18(2)14-25(31)29-17-20-7-5-4-6-19(20)15-24(29)26(32)27-16-21-12-13-30(28-21)22-8-10-23(33-3)11-9-22/h4-13,18,24H,14-17H2,1-3H3,(H,27,32). The van der Waals surface area contributed by atoms with E-state index in [9.17, 15) is 9.59 Å². The molecule has 33 heavy (non-hydrogen) atoms. The molecule has 1 atom stereocenters. The fourth-order valence-corrected chi connectivity index (χ4v) is 4.12. The molecule has 0 radical (unpaired) electrons. The summed E-state index contributed by atoms with van der Waals surface area (Å²) in [6.07, 6.45) is 2.81. The number of benzene rings is 2. The van der Waals surface area contributed by atoms with Crippen molar-refractivity contribution >= 4 is 11.8 Å². The highest BCUT2D eigenvalue weighted by Crippen LogP contribution is 2.25. The predicted octanol–water partition coefficient (Wildman–Crippen LogP) is 3.50. The Balaban J connectivity index is 1.45. The Morgan fingerprint density at radius 1 is 1.09 bits per heavy atom. The summed E-state index contributed by atoms with van der Waals surface area (Å²) in [6.45, 7) is 4.80. The summed E-state index contributed by atoms with van der Waals surface area (Å²) in [4.78, 5) is 27.8. The summed E-state index contributed by atoms with van der Waals surface area (Å²) in [6, 6.07) is 17.0. The summed E-state index contributed by atoms with van der Waals surface area (Å²) in [7, 11) is 1.63. The van der Waals surface area contributed by atoms with Gasteiger partial charge in [0, 0.05) is 25.6 Å². The zero-order valence-corrected chi connectivity index (χ0v) is 19.3. The lowest BCUT2D eigenvalue weighted by atomic mass is 9.92. The van der Waals surface area contributed by atoms with Gasteiger partial charge in [-0.1, -0.05) is 38.1 Å². The Labute approximate surface area is 194 Å². The van der Waals surface area contributed by atoms with Crippen molar-refractivity contribution in [2.75, 3.05) is 7.11 Å². The van der Waals surface area contributed by atoms with Crippen molar-refractivity contribution in [3.8, 4) is 11.4 Å². The number of rotatable bonds is 7. The van der Waals surface area contributed by atoms with Crippen LogP contribution < -0.4 is 10.1 Å². The van der Waals surface area contributed by atoms with Gasteiger partial charge in [0.25, 0.3) is 0 Å². The molecule has 2 amide bonds. The van der Waals surface area contributed by atoms with Crippen LogP contribution in [0, 0.1) is 5.92 Å². The molecule has 4 rings (SSSR count). The molecule has 1 N–H and O–H groups in total. The first-order valence-electron chi connectivity index (χ1n) is 11.3. The summed E-state index contributed by atoms with van der Waals surface area (Å²) in [5, 5.41) is 7.56. The highest BCUT2D eigenvalue weighted by molar-refractivity contribution is 5.88. The number of hydrogen-bond donors (Lipinski definition) is 1. The van der Waals surface area contributed by atoms with Crippen LogP contribution in [0.3, 0.4) is 0 Å². The molecule has 0 spiro atoms. The maximum atomic E-state index is 13.2. The van der Waals surface area contributed by atoms with Gasteiger partial charge in [0.1, 0.15) is 11.8 Å². The van der Waals surface area contributed by atoms with E-state index in [4.69, 9.17) is 4.74 Å². The topological polar surface area (TPSA) is 76.5 Å². The van der Waals surface area contributed by atoms with Crippen LogP contribution in [0.25, 0.3) is 5.69 Å². The minimum Gasteiger partial charge on any atom is -0.497 e. The van der Waals surface area contributed by atoms with E-state index in [0.29, 0.717) is 25.9 Å². The first-order valence-corrected chi connectivity index (χ1v) is 11.3. The normalized spacial score (nSPS) is 15.3. The number of fused-ring (bicyclic) bond motifs is 1. The van der Waals surface area contributed by atoms with E-state index in [1.165, 1.54) is 0 Å². The van der Waals surface area contributed by atoms with E-state index in [-0.39, 0.29) is 17.7 Å². The van der Waals surface area contributed by atoms with Gasteiger partial charge in [-0.3, -0.25) is 9.59 Å². The monoisotopic (exact) mass is 446 g/mol. The zero-order valence-electron chi connectivity index (χ0n) is 19.3. The van der Waals surface area contributed by atoms with E-state index in [2.05, 4.69) is 10.4 Å². The largest absolute Gasteiger partial charge is 0.497 e. The van der Waals surface area contributed by atoms with Crippen LogP contribution in [0.2, 0.25) is 0 Å². The van der Waals surface area contributed by atoms with Crippen molar-refractivity contribution in [2.45, 2.75) is 45.8 Å². The second-order valence-electron chi connectivity index (χ2n) is 8.78. The zero-order chi connectivity index (χ0) is 23.4. The quantitative estimate of drug-likeness (QED) is 0.603. The molecular weight excluding hydrogens is 416 g/mol. The summed E-state index contributed by atoms with van der Waals surface area (Å²) < 4.78 is 6.96. The number of amides is 2. The van der Waals surface area contributed by atoms with Gasteiger partial charge in [-0.05, 0) is 47.4 Å². The van der Waals surface area contributed by atoms with E-state index in [1.807, 2.05) is 74.6 Å². The van der Waals surface area contributed by atoms with Crippen molar-refractivity contribution < 1.29 is 14.3 Å². The van der Waals surface area contributed by atoms with Gasteiger partial charge < -0.3 is 15.0 Å². The molecule has 0 saturated carbocycles. The fourth-order valence-electron chi connectivity index (χ4n) is 4.12. The second kappa shape index (κ2) is 9.90. The average molecular weight is 447 g/mol. The van der Waals surface area contributed by atoms with Crippen molar-refractivity contribution in [2.24, 2.45) is 5.92 Å². The van der Waals surface area contributed by atoms with Crippen LogP contribution >= 0.6 is 0 Å². The summed E-state index contributed by atoms with van der Waals surface area (Å²) in [5.41, 5.74) is 3.88. The van der Waals surface area contributed by atoms with Crippen molar-refractivity contribution in [3.05, 3.63) is 77.6 Å². The van der Waals surface area contributed by atoms with E-state index in [0.717, 1.165) is 28.3 Å². The number of carbonyl (C=O) groups is 2. The third-order valence-electron chi connectivity index (χ3n) is 5.88. The first kappa shape index (κ1) is 22.6. The van der Waals surface area contributed by atoms with Crippen LogP contribution in [0.5, 0.6) is 5.75 Å². The average Bonchev–Trinajstić information content (AvgIpc) is 3.30. The fraction of sp³-hybridized carbons (Fsp3) is 0.346. The number of carbonyl (C=O) groups excluding carboxylic acids is 2. The van der Waals surface area contributed by atoms with E-state index in [1.54, 1.807) is 16.7 Å². The molecule has 0 bridgehead atoms. The molecule has 7 nitrogen and oxygen atoms in total. The van der Waals surface area contributed by atoms with Gasteiger partial charge in [-0.25, -0.2) is 4.68 Å². The van der Waals surface area contributed by atoms with Crippen molar-refractivity contribution in [1.29, 1.82) is 0 Å². The van der Waals surface area contributed by atoms with Crippen LogP contribution in [-0.2, 0) is 29.1 Å². The SMILES string of the molecule is COc1ccc(-n2ccc(CNC(=O)C3Cc4ccccc4CN3C(=O)CC(C)C)n2)cc1. The summed E-state index contributed by atoms with van der Waals surface area (Å²) in [5.74, 6) is 0.883. The maximum Gasteiger partial charge on any atom is 0.243 e. The molecule has 1 aliphatic rings. The highest BCUT2D eigenvalue weighted by atomic mass is 16.5. The first-order chi connectivity index (χ1) is 15.9. The van der Waals surface area contributed by atoms with Gasteiger partial charge in [-0.2, -0.15) is 5.10 Å². The number of ether oxygens (including phenoxy) is 1. The Kier molecular flexibility index (Phi) is 6.77. The second-order valence-corrected chi connectivity index (χ2v) is 8.78. The third kappa shape index (κ3) is 5.25. The Morgan fingerprint density at radius 3 is 2.52 bits per heavy atom. The third-order valence-corrected chi connectivity index (χ3v) is 5.88. The molecule has 1 aromatic heterocycles. The summed E-state index contributed by atoms with van der Waals surface area (Å²) >= 11 is 0. The van der Waals surface area contributed by atoms with Gasteiger partial charge in [0.05, 0.1) is 25.0 Å². The molecule has 0 saturated heterocycles. The molecule has 3 aromatic rings. The predicted molar refractivity (Wildman–Crippen MR) is 126 cm³/mol. The van der Waals surface area contributed by atoms with E-state index < -0.39 is 6.04 Å². The maximum absolute atomic E-state index is 13.2. The van der Waals surface area contributed by atoms with Crippen LogP contribution in [0.1, 0.15) is 37.1 Å². The van der Waals surface area contributed by atoms with Gasteiger partial charge >= 0.3 is 0 Å². The van der Waals surface area contributed by atoms with Crippen molar-refractivity contribution in [1.82, 2.24) is 20.0 Å². The molecule has 1 unspecified atom stereocenters. The van der Waals surface area contributed by atoms with Crippen LogP contribution in [-0.4, -0.2) is 39.6 Å². The van der Waals surface area contributed by atoms with Gasteiger partial charge in [0.15, 0.2) is 0 Å². The molecule has 172 valence electrons. The number of hydrogen-bond acceptors (Lipinski definition) is 4. The molecule has 1 aliphatic heterocycles. The molecule has 7 heteroatoms. The van der Waals surface area contributed by atoms with E-state index >= 15 is 0 Å². The Hall–Kier alpha value is -3.61. The molecular formula is C26H30N4O3. The van der Waals surface area contributed by atoms with Crippen LogP contribution in [0.15, 0.2) is 60.8 Å².